The number of unbranched alkanes of at least 4 members (excludes halogenated alkanes) is 2. The van der Waals surface area contributed by atoms with E-state index in [-0.39, 0.29) is 12.4 Å². The molecule has 0 saturated heterocycles. The predicted molar refractivity (Wildman–Crippen MR) is 143 cm³/mol. The first-order chi connectivity index (χ1) is 14.4. The van der Waals surface area contributed by atoms with Crippen molar-refractivity contribution in [3.8, 4) is 0 Å². The summed E-state index contributed by atoms with van der Waals surface area (Å²) in [5, 5.41) is 4.91. The van der Waals surface area contributed by atoms with Gasteiger partial charge in [-0.3, -0.25) is 4.18 Å². The molecular formula is C21H29I2NO5S2. The Morgan fingerprint density at radius 1 is 0.806 bits per heavy atom. The van der Waals surface area contributed by atoms with Gasteiger partial charge >= 0.3 is 0 Å². The molecule has 2 aromatic carbocycles. The van der Waals surface area contributed by atoms with Crippen LogP contribution in [0.4, 0.5) is 0 Å². The number of halogens is 2. The monoisotopic (exact) mass is 693 g/mol. The smallest absolute Gasteiger partial charge is 0.264 e. The van der Waals surface area contributed by atoms with Gasteiger partial charge in [0.05, 0.1) is 18.6 Å². The van der Waals surface area contributed by atoms with Crippen LogP contribution >= 0.6 is 45.2 Å². The lowest BCUT2D eigenvalue weighted by molar-refractivity contribution is 0.312. The third-order valence-corrected chi connectivity index (χ3v) is 6.87. The summed E-state index contributed by atoms with van der Waals surface area (Å²) in [5.74, 6) is 0.0803. The van der Waals surface area contributed by atoms with Gasteiger partial charge in [-0.15, -0.1) is 0 Å². The van der Waals surface area contributed by atoms with Crippen molar-refractivity contribution in [1.29, 1.82) is 0 Å². The van der Waals surface area contributed by atoms with Crippen LogP contribution in [-0.4, -0.2) is 35.5 Å². The minimum absolute atomic E-state index is 0.0803. The van der Waals surface area contributed by atoms with E-state index in [0.717, 1.165) is 38.4 Å². The number of benzene rings is 2. The molecule has 0 heterocycles. The molecule has 0 aromatic heterocycles. The fourth-order valence-corrected chi connectivity index (χ4v) is 4.90. The van der Waals surface area contributed by atoms with E-state index in [1.54, 1.807) is 0 Å². The number of rotatable bonds is 11. The number of sulfonamides is 1. The lowest BCUT2D eigenvalue weighted by Crippen LogP contribution is -2.16. The Hall–Kier alpha value is -0.280. The van der Waals surface area contributed by atoms with Crippen LogP contribution in [0.3, 0.4) is 0 Å². The Morgan fingerprint density at radius 2 is 1.29 bits per heavy atom. The van der Waals surface area contributed by atoms with Crippen LogP contribution in [0.2, 0.25) is 0 Å². The molecule has 6 nitrogen and oxygen atoms in total. The van der Waals surface area contributed by atoms with Crippen molar-refractivity contribution in [3.63, 3.8) is 0 Å². The maximum Gasteiger partial charge on any atom is 0.264 e. The van der Waals surface area contributed by atoms with Crippen molar-refractivity contribution in [2.45, 2.75) is 38.5 Å². The number of nitrogens with two attached hydrogens (primary N) is 1. The second-order valence-electron chi connectivity index (χ2n) is 7.07. The number of primary sulfonamides is 1. The molecule has 0 aliphatic rings. The second kappa shape index (κ2) is 14.8. The van der Waals surface area contributed by atoms with Gasteiger partial charge in [0.2, 0.25) is 10.0 Å². The van der Waals surface area contributed by atoms with Crippen molar-refractivity contribution in [2.75, 3.05) is 18.6 Å². The lowest BCUT2D eigenvalue weighted by atomic mass is 10.1. The Kier molecular flexibility index (Phi) is 13.7. The fourth-order valence-electron chi connectivity index (χ4n) is 2.66. The van der Waals surface area contributed by atoms with Crippen molar-refractivity contribution >= 4 is 65.3 Å². The van der Waals surface area contributed by atoms with Crippen molar-refractivity contribution in [2.24, 2.45) is 5.14 Å². The van der Waals surface area contributed by atoms with Gasteiger partial charge in [0, 0.05) is 7.14 Å². The standard InChI is InChI=1S/C11H15IO3S.C10H14INO2S/c1-16(13,14)15-8-3-2-5-10-6-4-7-11(12)9-10;11-10-6-3-5-9(8-10)4-1-2-7-15(12,13)14/h4,6-7,9H,2-3,5,8H2,1H3;3,5-6,8H,1-2,4,7H2,(H2,12,13,14). The molecule has 0 saturated carbocycles. The minimum Gasteiger partial charge on any atom is -0.270 e. The number of hydrogen-bond donors (Lipinski definition) is 1. The summed E-state index contributed by atoms with van der Waals surface area (Å²) >= 11 is 4.54. The zero-order chi connectivity index (χ0) is 23.3. The van der Waals surface area contributed by atoms with Crippen LogP contribution in [0, 0.1) is 7.14 Å². The fraction of sp³-hybridized carbons (Fsp3) is 0.429. The molecule has 2 N–H and O–H groups in total. The zero-order valence-corrected chi connectivity index (χ0v) is 23.4. The van der Waals surface area contributed by atoms with Gasteiger partial charge in [-0.25, -0.2) is 13.6 Å². The quantitative estimate of drug-likeness (QED) is 0.212. The van der Waals surface area contributed by atoms with Crippen LogP contribution in [0.15, 0.2) is 48.5 Å². The molecule has 2 rings (SSSR count). The zero-order valence-electron chi connectivity index (χ0n) is 17.5. The maximum atomic E-state index is 10.7. The van der Waals surface area contributed by atoms with E-state index >= 15 is 0 Å². The van der Waals surface area contributed by atoms with Crippen molar-refractivity contribution < 1.29 is 21.0 Å². The summed E-state index contributed by atoms with van der Waals surface area (Å²) in [7, 11) is -6.57. The molecule has 174 valence electrons. The number of hydrogen-bond acceptors (Lipinski definition) is 5. The molecule has 0 fully saturated rings. The van der Waals surface area contributed by atoms with Gasteiger partial charge in [-0.1, -0.05) is 24.3 Å². The number of aryl methyl sites for hydroxylation is 2. The molecule has 0 amide bonds. The Labute approximate surface area is 213 Å². The minimum atomic E-state index is -3.29. The van der Waals surface area contributed by atoms with E-state index in [9.17, 15) is 16.8 Å². The maximum absolute atomic E-state index is 10.7. The summed E-state index contributed by atoms with van der Waals surface area (Å²) < 4.78 is 49.8. The molecule has 0 aliphatic heterocycles. The highest BCUT2D eigenvalue weighted by atomic mass is 127. The van der Waals surface area contributed by atoms with E-state index in [0.29, 0.717) is 6.42 Å². The molecule has 31 heavy (non-hydrogen) atoms. The van der Waals surface area contributed by atoms with E-state index in [1.807, 2.05) is 18.2 Å². The van der Waals surface area contributed by atoms with E-state index in [1.165, 1.54) is 18.3 Å². The topological polar surface area (TPSA) is 104 Å². The van der Waals surface area contributed by atoms with Crippen LogP contribution in [0.1, 0.15) is 36.8 Å². The van der Waals surface area contributed by atoms with E-state index in [2.05, 4.69) is 79.7 Å². The van der Waals surface area contributed by atoms with Gasteiger partial charge < -0.3 is 0 Å². The van der Waals surface area contributed by atoms with Gasteiger partial charge in [0.1, 0.15) is 0 Å². The molecule has 0 bridgehead atoms. The molecule has 2 aromatic rings. The highest BCUT2D eigenvalue weighted by Crippen LogP contribution is 2.11. The van der Waals surface area contributed by atoms with Crippen LogP contribution in [-0.2, 0) is 37.2 Å². The molecule has 0 radical (unpaired) electrons. The summed E-state index contributed by atoms with van der Waals surface area (Å²) in [6.07, 6.45) is 6.14. The Bertz CT molecular complexity index is 1010. The highest BCUT2D eigenvalue weighted by molar-refractivity contribution is 14.1. The van der Waals surface area contributed by atoms with Crippen molar-refractivity contribution in [3.05, 3.63) is 66.8 Å². The first-order valence-corrected chi connectivity index (χ1v) is 15.5. The Morgan fingerprint density at radius 3 is 1.71 bits per heavy atom. The van der Waals surface area contributed by atoms with Gasteiger partial charge in [0.25, 0.3) is 10.1 Å². The van der Waals surface area contributed by atoms with E-state index in [4.69, 9.17) is 5.14 Å². The normalized spacial score (nSPS) is 11.6. The summed E-state index contributed by atoms with van der Waals surface area (Å²) in [6, 6.07) is 16.5. The molecule has 0 unspecified atom stereocenters. The lowest BCUT2D eigenvalue weighted by Gasteiger charge is -2.02. The molecule has 10 heteroatoms. The molecule has 0 spiro atoms. The first kappa shape index (κ1) is 28.8. The first-order valence-electron chi connectivity index (χ1n) is 9.78. The summed E-state index contributed by atoms with van der Waals surface area (Å²) in [6.45, 7) is 0.281. The summed E-state index contributed by atoms with van der Waals surface area (Å²) in [4.78, 5) is 0. The SMILES string of the molecule is CS(=O)(=O)OCCCCc1cccc(I)c1.NS(=O)(=O)CCCCc1cccc(I)c1. The van der Waals surface area contributed by atoms with Crippen LogP contribution in [0.25, 0.3) is 0 Å². The van der Waals surface area contributed by atoms with Gasteiger partial charge in [-0.05, 0) is 119 Å². The van der Waals surface area contributed by atoms with Crippen LogP contribution < -0.4 is 5.14 Å². The Balaban J connectivity index is 0.000000311. The second-order valence-corrected chi connectivity index (χ2v) is 12.9. The summed E-state index contributed by atoms with van der Waals surface area (Å²) in [5.41, 5.74) is 2.53. The molecular weight excluding hydrogens is 664 g/mol. The predicted octanol–water partition coefficient (Wildman–Crippen LogP) is 4.49. The third kappa shape index (κ3) is 16.9. The van der Waals surface area contributed by atoms with Gasteiger partial charge in [-0.2, -0.15) is 8.42 Å². The van der Waals surface area contributed by atoms with Crippen molar-refractivity contribution in [1.82, 2.24) is 0 Å². The molecule has 0 aliphatic carbocycles. The third-order valence-electron chi connectivity index (χ3n) is 4.08. The van der Waals surface area contributed by atoms with Gasteiger partial charge in [0.15, 0.2) is 0 Å². The average Bonchev–Trinajstić information content (AvgIpc) is 2.64. The molecule has 0 atom stereocenters. The highest BCUT2D eigenvalue weighted by Gasteiger charge is 2.02. The van der Waals surface area contributed by atoms with Crippen LogP contribution in [0.5, 0.6) is 0 Å². The average molecular weight is 693 g/mol. The largest absolute Gasteiger partial charge is 0.270 e. The van der Waals surface area contributed by atoms with E-state index < -0.39 is 20.1 Å².